The van der Waals surface area contributed by atoms with Crippen LogP contribution in [0.3, 0.4) is 0 Å². The Balaban J connectivity index is 3.00. The first-order chi connectivity index (χ1) is 8.21. The van der Waals surface area contributed by atoms with Gasteiger partial charge in [0.2, 0.25) is 0 Å². The maximum absolute atomic E-state index is 12.9. The number of alkyl halides is 3. The summed E-state index contributed by atoms with van der Waals surface area (Å²) in [5.74, 6) is 0.351. The zero-order chi connectivity index (χ0) is 13.9. The molecule has 0 saturated carbocycles. The molecular formula is C13H16BrF3O. The maximum Gasteiger partial charge on any atom is 0.416 e. The predicted molar refractivity (Wildman–Crippen MR) is 68.2 cm³/mol. The molecule has 0 bridgehead atoms. The van der Waals surface area contributed by atoms with Crippen molar-refractivity contribution >= 4 is 15.9 Å². The molecule has 0 amide bonds. The lowest BCUT2D eigenvalue weighted by atomic mass is 9.96. The third kappa shape index (κ3) is 4.28. The Hall–Kier alpha value is -0.550. The number of benzene rings is 1. The van der Waals surface area contributed by atoms with Crippen molar-refractivity contribution < 1.29 is 18.3 Å². The van der Waals surface area contributed by atoms with Crippen molar-refractivity contribution in [2.45, 2.75) is 39.0 Å². The number of aliphatic hydroxyl groups is 1. The molecule has 1 nitrogen and oxygen atoms in total. The summed E-state index contributed by atoms with van der Waals surface area (Å²) in [5, 5.41) is 9.89. The van der Waals surface area contributed by atoms with Crippen molar-refractivity contribution in [1.29, 1.82) is 0 Å². The number of halogens is 4. The minimum Gasteiger partial charge on any atom is -0.388 e. The smallest absolute Gasteiger partial charge is 0.388 e. The highest BCUT2D eigenvalue weighted by Gasteiger charge is 2.35. The Bertz CT molecular complexity index is 402. The molecule has 1 rings (SSSR count). The second-order valence-corrected chi connectivity index (χ2v) is 5.63. The van der Waals surface area contributed by atoms with Gasteiger partial charge in [0.15, 0.2) is 0 Å². The molecule has 1 aromatic carbocycles. The van der Waals surface area contributed by atoms with Gasteiger partial charge < -0.3 is 5.11 Å². The lowest BCUT2D eigenvalue weighted by Gasteiger charge is -2.18. The monoisotopic (exact) mass is 324 g/mol. The number of hydrogen-bond donors (Lipinski definition) is 1. The molecule has 18 heavy (non-hydrogen) atoms. The molecule has 0 saturated heterocycles. The van der Waals surface area contributed by atoms with E-state index in [2.05, 4.69) is 15.9 Å². The molecule has 1 atom stereocenters. The van der Waals surface area contributed by atoms with Crippen LogP contribution >= 0.6 is 15.9 Å². The van der Waals surface area contributed by atoms with E-state index in [-0.39, 0.29) is 5.56 Å². The van der Waals surface area contributed by atoms with Gasteiger partial charge in [0.25, 0.3) is 0 Å². The van der Waals surface area contributed by atoms with Crippen LogP contribution in [0.15, 0.2) is 22.7 Å². The molecule has 0 aliphatic heterocycles. The van der Waals surface area contributed by atoms with Crippen molar-refractivity contribution in [2.75, 3.05) is 0 Å². The normalized spacial score (nSPS) is 14.0. The van der Waals surface area contributed by atoms with E-state index in [1.54, 1.807) is 0 Å². The number of aliphatic hydroxyl groups excluding tert-OH is 1. The van der Waals surface area contributed by atoms with Gasteiger partial charge in [0.1, 0.15) is 0 Å². The molecule has 102 valence electrons. The van der Waals surface area contributed by atoms with Crippen LogP contribution in [0.5, 0.6) is 0 Å². The van der Waals surface area contributed by atoms with Gasteiger partial charge in [-0.05, 0) is 36.5 Å². The second-order valence-electron chi connectivity index (χ2n) is 4.72. The van der Waals surface area contributed by atoms with Gasteiger partial charge in [0.05, 0.1) is 11.7 Å². The van der Waals surface area contributed by atoms with Crippen LogP contribution in [0.1, 0.15) is 43.9 Å². The van der Waals surface area contributed by atoms with Crippen LogP contribution in [0.25, 0.3) is 0 Å². The van der Waals surface area contributed by atoms with Crippen molar-refractivity contribution in [1.82, 2.24) is 0 Å². The Morgan fingerprint density at radius 2 is 1.83 bits per heavy atom. The first-order valence-electron chi connectivity index (χ1n) is 5.76. The summed E-state index contributed by atoms with van der Waals surface area (Å²) in [5.41, 5.74) is -0.820. The SMILES string of the molecule is CC(C)CCC(O)c1ccc(Br)cc1C(F)(F)F. The van der Waals surface area contributed by atoms with E-state index < -0.39 is 17.8 Å². The molecule has 0 fully saturated rings. The van der Waals surface area contributed by atoms with Crippen LogP contribution in [-0.2, 0) is 6.18 Å². The highest BCUT2D eigenvalue weighted by atomic mass is 79.9. The van der Waals surface area contributed by atoms with Gasteiger partial charge in [0, 0.05) is 4.47 Å². The van der Waals surface area contributed by atoms with Gasteiger partial charge in [-0.2, -0.15) is 13.2 Å². The predicted octanol–water partition coefficient (Wildman–Crippen LogP) is 4.94. The van der Waals surface area contributed by atoms with Gasteiger partial charge in [-0.3, -0.25) is 0 Å². The molecule has 1 aromatic rings. The molecule has 1 N–H and O–H groups in total. The highest BCUT2D eigenvalue weighted by molar-refractivity contribution is 9.10. The molecule has 0 aromatic heterocycles. The molecular weight excluding hydrogens is 309 g/mol. The Labute approximate surface area is 113 Å². The van der Waals surface area contributed by atoms with Crippen molar-refractivity contribution in [3.05, 3.63) is 33.8 Å². The van der Waals surface area contributed by atoms with E-state index >= 15 is 0 Å². The average Bonchev–Trinajstić information content (AvgIpc) is 2.24. The largest absolute Gasteiger partial charge is 0.416 e. The summed E-state index contributed by atoms with van der Waals surface area (Å²) in [6.07, 6.45) is -4.49. The quantitative estimate of drug-likeness (QED) is 0.831. The number of hydrogen-bond acceptors (Lipinski definition) is 1. The van der Waals surface area contributed by atoms with Gasteiger partial charge >= 0.3 is 6.18 Å². The van der Waals surface area contributed by atoms with Crippen molar-refractivity contribution in [2.24, 2.45) is 5.92 Å². The molecule has 0 aliphatic rings. The molecule has 0 aliphatic carbocycles. The lowest BCUT2D eigenvalue weighted by molar-refractivity contribution is -0.139. The van der Waals surface area contributed by atoms with Crippen LogP contribution in [0, 0.1) is 5.92 Å². The summed E-state index contributed by atoms with van der Waals surface area (Å²) in [4.78, 5) is 0. The summed E-state index contributed by atoms with van der Waals surface area (Å²) < 4.78 is 38.9. The standard InChI is InChI=1S/C13H16BrF3O/c1-8(2)3-6-12(18)10-5-4-9(14)7-11(10)13(15,16)17/h4-5,7-8,12,18H,3,6H2,1-2H3. The van der Waals surface area contributed by atoms with E-state index in [4.69, 9.17) is 0 Å². The zero-order valence-electron chi connectivity index (χ0n) is 10.3. The first kappa shape index (κ1) is 15.5. The fraction of sp³-hybridized carbons (Fsp3) is 0.538. The van der Waals surface area contributed by atoms with E-state index in [0.717, 1.165) is 6.07 Å². The highest BCUT2D eigenvalue weighted by Crippen LogP contribution is 2.37. The fourth-order valence-electron chi connectivity index (χ4n) is 1.71. The van der Waals surface area contributed by atoms with E-state index in [1.165, 1.54) is 12.1 Å². The summed E-state index contributed by atoms with van der Waals surface area (Å²) in [6.45, 7) is 3.94. The van der Waals surface area contributed by atoms with Crippen LogP contribution in [0.4, 0.5) is 13.2 Å². The van der Waals surface area contributed by atoms with Gasteiger partial charge in [-0.25, -0.2) is 0 Å². The lowest BCUT2D eigenvalue weighted by Crippen LogP contribution is -2.12. The van der Waals surface area contributed by atoms with E-state index in [1.807, 2.05) is 13.8 Å². The second kappa shape index (κ2) is 6.06. The zero-order valence-corrected chi connectivity index (χ0v) is 11.8. The third-order valence-corrected chi connectivity index (χ3v) is 3.19. The third-order valence-electron chi connectivity index (χ3n) is 2.70. The molecule has 0 spiro atoms. The Kier molecular flexibility index (Phi) is 5.22. The summed E-state index contributed by atoms with van der Waals surface area (Å²) >= 11 is 3.02. The minimum atomic E-state index is -4.45. The van der Waals surface area contributed by atoms with Gasteiger partial charge in [-0.15, -0.1) is 0 Å². The fourth-order valence-corrected chi connectivity index (χ4v) is 2.07. The van der Waals surface area contributed by atoms with Crippen molar-refractivity contribution in [3.63, 3.8) is 0 Å². The van der Waals surface area contributed by atoms with Crippen molar-refractivity contribution in [3.8, 4) is 0 Å². The van der Waals surface area contributed by atoms with Crippen LogP contribution < -0.4 is 0 Å². The Morgan fingerprint density at radius 1 is 1.22 bits per heavy atom. The molecule has 0 radical (unpaired) electrons. The Morgan fingerprint density at radius 3 is 2.33 bits per heavy atom. The molecule has 5 heteroatoms. The summed E-state index contributed by atoms with van der Waals surface area (Å²) in [6, 6.07) is 3.86. The summed E-state index contributed by atoms with van der Waals surface area (Å²) in [7, 11) is 0. The van der Waals surface area contributed by atoms with Crippen LogP contribution in [0.2, 0.25) is 0 Å². The minimum absolute atomic E-state index is 0.0497. The topological polar surface area (TPSA) is 20.2 Å². The average molecular weight is 325 g/mol. The van der Waals surface area contributed by atoms with E-state index in [0.29, 0.717) is 23.2 Å². The van der Waals surface area contributed by atoms with E-state index in [9.17, 15) is 18.3 Å². The number of rotatable bonds is 4. The van der Waals surface area contributed by atoms with Crippen LogP contribution in [-0.4, -0.2) is 5.11 Å². The van der Waals surface area contributed by atoms with Gasteiger partial charge in [-0.1, -0.05) is 35.8 Å². The molecule has 1 unspecified atom stereocenters. The maximum atomic E-state index is 12.9. The first-order valence-corrected chi connectivity index (χ1v) is 6.56. The molecule has 0 heterocycles.